The lowest BCUT2D eigenvalue weighted by molar-refractivity contribution is -0.0980. The SMILES string of the molecule is C=CC(=C=CC(=C)N1CCNCC1)OCC/C(C)=C\C.C=O.CNCc1ccc(SC)c(OC)c1.CO. The summed E-state index contributed by atoms with van der Waals surface area (Å²) >= 11 is 1.70. The maximum absolute atomic E-state index is 8.00. The molecule has 0 unspecified atom stereocenters. The number of aliphatic hydroxyl groups is 1. The van der Waals surface area contributed by atoms with Crippen molar-refractivity contribution in [2.75, 3.05) is 60.3 Å². The molecule has 0 atom stereocenters. The third kappa shape index (κ3) is 16.6. The summed E-state index contributed by atoms with van der Waals surface area (Å²) in [6, 6.07) is 6.28. The number of carbonyl (C=O) groups is 1. The molecule has 1 aromatic carbocycles. The molecule has 2 rings (SSSR count). The third-order valence-corrected chi connectivity index (χ3v) is 5.94. The van der Waals surface area contributed by atoms with Gasteiger partial charge in [-0.1, -0.05) is 36.6 Å². The van der Waals surface area contributed by atoms with E-state index in [4.69, 9.17) is 19.4 Å². The lowest BCUT2D eigenvalue weighted by atomic mass is 10.2. The first kappa shape index (κ1) is 36.4. The molecule has 1 fully saturated rings. The van der Waals surface area contributed by atoms with Gasteiger partial charge in [-0.3, -0.25) is 0 Å². The van der Waals surface area contributed by atoms with Gasteiger partial charge in [-0.05, 0) is 50.9 Å². The van der Waals surface area contributed by atoms with E-state index in [1.165, 1.54) is 16.0 Å². The van der Waals surface area contributed by atoms with Crippen molar-refractivity contribution in [2.45, 2.75) is 31.7 Å². The molecular weight excluding hydrogens is 486 g/mol. The normalized spacial score (nSPS) is 12.1. The molecule has 7 nitrogen and oxygen atoms in total. The monoisotopic (exact) mass is 533 g/mol. The van der Waals surface area contributed by atoms with E-state index in [0.717, 1.165) is 57.7 Å². The summed E-state index contributed by atoms with van der Waals surface area (Å²) in [7, 11) is 4.65. The van der Waals surface area contributed by atoms with E-state index in [0.29, 0.717) is 12.4 Å². The molecule has 1 aliphatic heterocycles. The summed E-state index contributed by atoms with van der Waals surface area (Å²) in [5.74, 6) is 1.63. The Balaban J connectivity index is 0. The summed E-state index contributed by atoms with van der Waals surface area (Å²) in [4.78, 5) is 11.4. The maximum Gasteiger partial charge on any atom is 0.161 e. The summed E-state index contributed by atoms with van der Waals surface area (Å²) in [6.45, 7) is 19.5. The molecule has 37 heavy (non-hydrogen) atoms. The van der Waals surface area contributed by atoms with E-state index < -0.39 is 0 Å². The number of aliphatic hydroxyl groups excluding tert-OH is 1. The smallest absolute Gasteiger partial charge is 0.161 e. The van der Waals surface area contributed by atoms with Crippen molar-refractivity contribution in [1.82, 2.24) is 15.5 Å². The molecule has 0 radical (unpaired) electrons. The highest BCUT2D eigenvalue weighted by Crippen LogP contribution is 2.28. The van der Waals surface area contributed by atoms with Crippen molar-refractivity contribution in [2.24, 2.45) is 0 Å². The zero-order chi connectivity index (χ0) is 28.5. The Bertz CT molecular complexity index is 859. The van der Waals surface area contributed by atoms with Crippen molar-refractivity contribution < 1.29 is 19.4 Å². The second kappa shape index (κ2) is 24.9. The number of hydrogen-bond acceptors (Lipinski definition) is 8. The first-order valence-electron chi connectivity index (χ1n) is 12.1. The summed E-state index contributed by atoms with van der Waals surface area (Å²) in [5.41, 5.74) is 6.67. The number of thioether (sulfide) groups is 1. The predicted molar refractivity (Wildman–Crippen MR) is 158 cm³/mol. The molecule has 8 heteroatoms. The van der Waals surface area contributed by atoms with Crippen LogP contribution in [0.3, 0.4) is 0 Å². The predicted octanol–water partition coefficient (Wildman–Crippen LogP) is 4.56. The van der Waals surface area contributed by atoms with E-state index in [-0.39, 0.29) is 0 Å². The van der Waals surface area contributed by atoms with Gasteiger partial charge in [0.15, 0.2) is 5.76 Å². The van der Waals surface area contributed by atoms with Gasteiger partial charge in [0.1, 0.15) is 12.5 Å². The van der Waals surface area contributed by atoms with Crippen LogP contribution in [0.25, 0.3) is 0 Å². The highest BCUT2D eigenvalue weighted by atomic mass is 32.2. The quantitative estimate of drug-likeness (QED) is 0.126. The van der Waals surface area contributed by atoms with Gasteiger partial charge in [0.05, 0.1) is 13.7 Å². The number of hydrogen-bond donors (Lipinski definition) is 3. The number of benzene rings is 1. The Morgan fingerprint density at radius 2 is 1.95 bits per heavy atom. The van der Waals surface area contributed by atoms with Gasteiger partial charge >= 0.3 is 0 Å². The molecule has 208 valence electrons. The van der Waals surface area contributed by atoms with Crippen LogP contribution < -0.4 is 15.4 Å². The Hall–Kier alpha value is -2.74. The number of nitrogens with one attached hydrogen (secondary N) is 2. The van der Waals surface area contributed by atoms with Crippen LogP contribution >= 0.6 is 11.8 Å². The second-order valence-corrected chi connectivity index (χ2v) is 8.39. The lowest BCUT2D eigenvalue weighted by Crippen LogP contribution is -2.42. The Labute approximate surface area is 229 Å². The summed E-state index contributed by atoms with van der Waals surface area (Å²) in [6.07, 6.45) is 8.64. The summed E-state index contributed by atoms with van der Waals surface area (Å²) in [5, 5.41) is 13.4. The molecule has 3 N–H and O–H groups in total. The van der Waals surface area contributed by atoms with Gasteiger partial charge < -0.3 is 34.9 Å². The molecule has 0 amide bonds. The standard InChI is InChI=1S/C17H26N2O.C10H15NOS.CH4O.CH2O/c1-5-15(3)9-14-20-17(6-2)8-7-16(4)19-12-10-18-11-13-19;1-11-7-8-4-5-10(13-3)9(6-8)12-2;2*1-2/h5-7,18H,2,4,9-14H2,1,3H3;4-6,11H,7H2,1-3H3;2H,1H3;1H2/b15-5-;;;. The molecule has 1 saturated heterocycles. The fourth-order valence-corrected chi connectivity index (χ4v) is 3.57. The highest BCUT2D eigenvalue weighted by Gasteiger charge is 2.08. The van der Waals surface area contributed by atoms with Crippen molar-refractivity contribution >= 4 is 18.6 Å². The Morgan fingerprint density at radius 3 is 2.46 bits per heavy atom. The Morgan fingerprint density at radius 1 is 1.30 bits per heavy atom. The molecule has 0 aromatic heterocycles. The number of carbonyl (C=O) groups excluding carboxylic acids is 1. The number of piperazine rings is 1. The van der Waals surface area contributed by atoms with Crippen LogP contribution in [0.2, 0.25) is 0 Å². The zero-order valence-corrected chi connectivity index (χ0v) is 24.4. The van der Waals surface area contributed by atoms with Gasteiger partial charge in [0.25, 0.3) is 0 Å². The number of nitrogens with zero attached hydrogens (tertiary/aromatic N) is 1. The average Bonchev–Trinajstić information content (AvgIpc) is 2.97. The van der Waals surface area contributed by atoms with E-state index >= 15 is 0 Å². The first-order valence-corrected chi connectivity index (χ1v) is 13.3. The average molecular weight is 534 g/mol. The van der Waals surface area contributed by atoms with Crippen LogP contribution in [0.4, 0.5) is 0 Å². The van der Waals surface area contributed by atoms with Crippen LogP contribution in [0.5, 0.6) is 5.75 Å². The minimum absolute atomic E-state index is 0.651. The van der Waals surface area contributed by atoms with E-state index in [2.05, 4.69) is 71.9 Å². The van der Waals surface area contributed by atoms with Gasteiger partial charge in [-0.25, -0.2) is 0 Å². The summed E-state index contributed by atoms with van der Waals surface area (Å²) < 4.78 is 10.9. The van der Waals surface area contributed by atoms with Gasteiger partial charge in [0, 0.05) is 62.9 Å². The van der Waals surface area contributed by atoms with Gasteiger partial charge in [-0.2, -0.15) is 0 Å². The van der Waals surface area contributed by atoms with Crippen molar-refractivity contribution in [3.05, 3.63) is 77.9 Å². The van der Waals surface area contributed by atoms with E-state index in [9.17, 15) is 0 Å². The fourth-order valence-electron chi connectivity index (χ4n) is 3.02. The molecular formula is C29H47N3O4S. The molecule has 0 spiro atoms. The van der Waals surface area contributed by atoms with Crippen LogP contribution in [0.1, 0.15) is 25.8 Å². The van der Waals surface area contributed by atoms with Crippen LogP contribution in [-0.2, 0) is 16.1 Å². The lowest BCUT2D eigenvalue weighted by Gasteiger charge is -2.29. The topological polar surface area (TPSA) is 83.1 Å². The number of rotatable bonds is 11. The molecule has 0 saturated carbocycles. The molecule has 0 bridgehead atoms. The largest absolute Gasteiger partial charge is 0.496 e. The van der Waals surface area contributed by atoms with Gasteiger partial charge in [-0.15, -0.1) is 11.8 Å². The van der Waals surface area contributed by atoms with Crippen molar-refractivity contribution in [1.29, 1.82) is 0 Å². The first-order chi connectivity index (χ1) is 18.0. The zero-order valence-electron chi connectivity index (χ0n) is 23.6. The highest BCUT2D eigenvalue weighted by molar-refractivity contribution is 7.98. The van der Waals surface area contributed by atoms with Gasteiger partial charge in [0.2, 0.25) is 0 Å². The van der Waals surface area contributed by atoms with E-state index in [1.807, 2.05) is 26.8 Å². The fraction of sp³-hybridized carbons (Fsp3) is 0.448. The van der Waals surface area contributed by atoms with E-state index in [1.54, 1.807) is 24.9 Å². The minimum atomic E-state index is 0.651. The molecule has 1 aliphatic rings. The third-order valence-electron chi connectivity index (χ3n) is 5.17. The molecule has 0 aliphatic carbocycles. The van der Waals surface area contributed by atoms with Crippen molar-refractivity contribution in [3.8, 4) is 5.75 Å². The second-order valence-electron chi connectivity index (χ2n) is 7.54. The minimum Gasteiger partial charge on any atom is -0.496 e. The van der Waals surface area contributed by atoms with Crippen molar-refractivity contribution in [3.63, 3.8) is 0 Å². The molecule has 1 aromatic rings. The molecule has 1 heterocycles. The van der Waals surface area contributed by atoms with Crippen LogP contribution in [0, 0.1) is 0 Å². The van der Waals surface area contributed by atoms with Crippen LogP contribution in [-0.4, -0.2) is 77.1 Å². The Kier molecular flexibility index (Phi) is 24.5. The number of methoxy groups -OCH3 is 1. The maximum atomic E-state index is 8.00. The number of ether oxygens (including phenoxy) is 2. The number of allylic oxidation sites excluding steroid dienone is 2. The van der Waals surface area contributed by atoms with Crippen LogP contribution in [0.15, 0.2) is 77.2 Å².